The molecule has 0 unspecified atom stereocenters. The van der Waals surface area contributed by atoms with Crippen LogP contribution in [0.15, 0.2) is 118 Å². The highest BCUT2D eigenvalue weighted by Crippen LogP contribution is 2.32. The monoisotopic (exact) mass is 655 g/mol. The zero-order valence-electron chi connectivity index (χ0n) is 24.3. The van der Waals surface area contributed by atoms with E-state index in [1.54, 1.807) is 48.9 Å². The van der Waals surface area contributed by atoms with Crippen molar-refractivity contribution in [3.8, 4) is 11.5 Å². The lowest BCUT2D eigenvalue weighted by Crippen LogP contribution is -2.40. The van der Waals surface area contributed by atoms with Gasteiger partial charge in [0.05, 0.1) is 29.0 Å². The van der Waals surface area contributed by atoms with Gasteiger partial charge in [-0.2, -0.15) is 0 Å². The molecule has 1 aromatic heterocycles. The molecule has 1 aliphatic heterocycles. The van der Waals surface area contributed by atoms with Crippen LogP contribution in [0.3, 0.4) is 0 Å². The van der Waals surface area contributed by atoms with Gasteiger partial charge in [0, 0.05) is 26.9 Å². The van der Waals surface area contributed by atoms with Crippen molar-refractivity contribution in [1.29, 1.82) is 0 Å². The van der Waals surface area contributed by atoms with Crippen LogP contribution in [0, 0.1) is 0 Å². The Bertz CT molecular complexity index is 2110. The van der Waals surface area contributed by atoms with E-state index in [9.17, 15) is 9.59 Å². The van der Waals surface area contributed by atoms with Crippen LogP contribution in [-0.4, -0.2) is 17.6 Å². The Hall–Kier alpha value is -4.63. The van der Waals surface area contributed by atoms with Gasteiger partial charge >= 0.3 is 0 Å². The molecule has 10 heteroatoms. The molecule has 2 heterocycles. The Labute approximate surface area is 273 Å². The van der Waals surface area contributed by atoms with Crippen LogP contribution in [0.25, 0.3) is 6.08 Å². The quantitative estimate of drug-likeness (QED) is 0.200. The number of nitrogens with zero attached hydrogens (tertiary/aromatic N) is 2. The summed E-state index contributed by atoms with van der Waals surface area (Å²) in [6.45, 7) is 2.02. The molecule has 7 nitrogen and oxygen atoms in total. The lowest BCUT2D eigenvalue weighted by Gasteiger charge is -2.25. The summed E-state index contributed by atoms with van der Waals surface area (Å²) in [6.07, 6.45) is 1.74. The number of carbonyl (C=O) groups excluding carboxylic acids is 1. The molecule has 4 aromatic carbocycles. The minimum Gasteiger partial charge on any atom is -0.497 e. The van der Waals surface area contributed by atoms with E-state index in [0.717, 1.165) is 11.1 Å². The first-order valence-corrected chi connectivity index (χ1v) is 15.6. The predicted octanol–water partition coefficient (Wildman–Crippen LogP) is 6.77. The second-order valence-electron chi connectivity index (χ2n) is 10.2. The van der Waals surface area contributed by atoms with Crippen LogP contribution >= 0.6 is 34.5 Å². The molecule has 0 fully saturated rings. The maximum Gasteiger partial charge on any atom is 0.271 e. The van der Waals surface area contributed by atoms with Gasteiger partial charge in [-0.3, -0.25) is 14.2 Å². The Morgan fingerprint density at radius 1 is 1.00 bits per heavy atom. The number of allylic oxidation sites excluding steroid dienone is 1. The van der Waals surface area contributed by atoms with Gasteiger partial charge in [0.25, 0.3) is 11.5 Å². The molecule has 226 valence electrons. The number of hydrogen-bond donors (Lipinski definition) is 1. The number of amides is 1. The van der Waals surface area contributed by atoms with E-state index in [2.05, 4.69) is 5.32 Å². The summed E-state index contributed by atoms with van der Waals surface area (Å²) in [5.74, 6) is 0.853. The molecule has 1 aliphatic rings. The van der Waals surface area contributed by atoms with Crippen molar-refractivity contribution in [3.63, 3.8) is 0 Å². The number of hydrogen-bond acceptors (Lipinski definition) is 6. The van der Waals surface area contributed by atoms with Crippen LogP contribution in [0.2, 0.25) is 10.0 Å². The molecule has 6 rings (SSSR count). The number of para-hydroxylation sites is 1. The number of carbonyl (C=O) groups is 1. The third-order valence-corrected chi connectivity index (χ3v) is 8.92. The van der Waals surface area contributed by atoms with Gasteiger partial charge in [0.2, 0.25) is 0 Å². The van der Waals surface area contributed by atoms with Crippen molar-refractivity contribution in [2.45, 2.75) is 19.6 Å². The van der Waals surface area contributed by atoms with E-state index >= 15 is 0 Å². The summed E-state index contributed by atoms with van der Waals surface area (Å²) < 4.78 is 13.5. The number of fused-ring (bicyclic) bond motifs is 1. The number of methoxy groups -OCH3 is 1. The maximum atomic E-state index is 14.2. The Kier molecular flexibility index (Phi) is 8.89. The number of anilines is 1. The van der Waals surface area contributed by atoms with E-state index in [4.69, 9.17) is 37.7 Å². The third-order valence-electron chi connectivity index (χ3n) is 7.33. The molecule has 45 heavy (non-hydrogen) atoms. The SMILES string of the molecule is COc1ccc([C@@H]2C(C(=O)Nc3ccccc3)=C(C)N=c3s/c(=C/c4cc(Cl)ccc4OCc4ccccc4Cl)c(=O)n32)cc1. The summed E-state index contributed by atoms with van der Waals surface area (Å²) in [6, 6.07) is 28.4. The van der Waals surface area contributed by atoms with Crippen molar-refractivity contribution in [2.24, 2.45) is 4.99 Å². The third kappa shape index (κ3) is 6.44. The molecule has 1 atom stereocenters. The summed E-state index contributed by atoms with van der Waals surface area (Å²) in [4.78, 5) is 33.2. The van der Waals surface area contributed by atoms with Gasteiger partial charge in [0.1, 0.15) is 18.1 Å². The van der Waals surface area contributed by atoms with Crippen LogP contribution < -0.4 is 29.7 Å². The summed E-state index contributed by atoms with van der Waals surface area (Å²) in [5.41, 5.74) is 3.42. The van der Waals surface area contributed by atoms with Crippen molar-refractivity contribution in [1.82, 2.24) is 4.57 Å². The lowest BCUT2D eigenvalue weighted by molar-refractivity contribution is -0.113. The summed E-state index contributed by atoms with van der Waals surface area (Å²) >= 11 is 13.9. The molecule has 1 N–H and O–H groups in total. The molecular formula is C35H27Cl2N3O4S. The van der Waals surface area contributed by atoms with Crippen molar-refractivity contribution >= 4 is 52.2 Å². The first kappa shape index (κ1) is 30.4. The summed E-state index contributed by atoms with van der Waals surface area (Å²) in [5, 5.41) is 4.06. The van der Waals surface area contributed by atoms with E-state index in [1.165, 1.54) is 11.3 Å². The number of halogens is 2. The van der Waals surface area contributed by atoms with E-state index in [0.29, 0.717) is 53.4 Å². The second-order valence-corrected chi connectivity index (χ2v) is 12.1. The number of ether oxygens (including phenoxy) is 2. The average Bonchev–Trinajstić information content (AvgIpc) is 3.34. The van der Waals surface area contributed by atoms with Crippen molar-refractivity contribution in [2.75, 3.05) is 12.4 Å². The minimum atomic E-state index is -0.728. The summed E-state index contributed by atoms with van der Waals surface area (Å²) in [7, 11) is 1.59. The molecule has 5 aromatic rings. The largest absolute Gasteiger partial charge is 0.497 e. The molecule has 0 saturated heterocycles. The van der Waals surface area contributed by atoms with E-state index in [-0.39, 0.29) is 18.1 Å². The fourth-order valence-corrected chi connectivity index (χ4v) is 6.52. The van der Waals surface area contributed by atoms with Gasteiger partial charge in [-0.15, -0.1) is 0 Å². The number of aromatic nitrogens is 1. The van der Waals surface area contributed by atoms with Gasteiger partial charge in [-0.25, -0.2) is 4.99 Å². The highest BCUT2D eigenvalue weighted by molar-refractivity contribution is 7.07. The highest BCUT2D eigenvalue weighted by atomic mass is 35.5. The fraction of sp³-hybridized carbons (Fsp3) is 0.114. The van der Waals surface area contributed by atoms with Gasteiger partial charge < -0.3 is 14.8 Å². The van der Waals surface area contributed by atoms with Crippen LogP contribution in [-0.2, 0) is 11.4 Å². The normalized spacial score (nSPS) is 14.5. The number of rotatable bonds is 8. The molecule has 0 bridgehead atoms. The Morgan fingerprint density at radius 3 is 2.47 bits per heavy atom. The van der Waals surface area contributed by atoms with Crippen molar-refractivity contribution in [3.05, 3.63) is 155 Å². The second kappa shape index (κ2) is 13.2. The topological polar surface area (TPSA) is 81.9 Å². The smallest absolute Gasteiger partial charge is 0.271 e. The average molecular weight is 657 g/mol. The molecule has 1 amide bonds. The maximum absolute atomic E-state index is 14.2. The zero-order chi connectivity index (χ0) is 31.5. The molecule has 0 saturated carbocycles. The van der Waals surface area contributed by atoms with Gasteiger partial charge in [-0.05, 0) is 67.1 Å². The first-order valence-electron chi connectivity index (χ1n) is 14.0. The van der Waals surface area contributed by atoms with Gasteiger partial charge in [-0.1, -0.05) is 83.1 Å². The number of thiazole rings is 1. The first-order chi connectivity index (χ1) is 21.8. The number of benzene rings is 4. The molecule has 0 aliphatic carbocycles. The highest BCUT2D eigenvalue weighted by Gasteiger charge is 2.32. The molecular weight excluding hydrogens is 629 g/mol. The molecule has 0 radical (unpaired) electrons. The molecule has 0 spiro atoms. The van der Waals surface area contributed by atoms with Crippen molar-refractivity contribution < 1.29 is 14.3 Å². The predicted molar refractivity (Wildman–Crippen MR) is 179 cm³/mol. The van der Waals surface area contributed by atoms with Crippen LogP contribution in [0.5, 0.6) is 11.5 Å². The minimum absolute atomic E-state index is 0.236. The zero-order valence-corrected chi connectivity index (χ0v) is 26.6. The van der Waals surface area contributed by atoms with Gasteiger partial charge in [0.15, 0.2) is 4.80 Å². The lowest BCUT2D eigenvalue weighted by atomic mass is 9.95. The fourth-order valence-electron chi connectivity index (χ4n) is 5.11. The number of nitrogens with one attached hydrogen (secondary N) is 1. The van der Waals surface area contributed by atoms with E-state index < -0.39 is 6.04 Å². The van der Waals surface area contributed by atoms with Crippen LogP contribution in [0.4, 0.5) is 5.69 Å². The standard InChI is InChI=1S/C35H27Cl2N3O4S/c1-21-31(33(41)39-26-9-4-3-5-10-26)32(22-12-15-27(43-2)16-13-22)40-34(42)30(45-35(40)38-21)19-24-18-25(36)14-17-29(24)44-20-23-8-6-7-11-28(23)37/h3-19,32H,20H2,1-2H3,(H,39,41)/b30-19+/t32-/m1/s1. The van der Waals surface area contributed by atoms with E-state index in [1.807, 2.05) is 72.8 Å². The Morgan fingerprint density at radius 2 is 1.73 bits per heavy atom. The Balaban J connectivity index is 1.45. The van der Waals surface area contributed by atoms with Crippen LogP contribution in [0.1, 0.15) is 29.7 Å².